The highest BCUT2D eigenvalue weighted by Crippen LogP contribution is 1.94. The van der Waals surface area contributed by atoms with Crippen molar-refractivity contribution in [3.05, 3.63) is 0 Å². The van der Waals surface area contributed by atoms with Crippen LogP contribution in [0.25, 0.3) is 0 Å². The van der Waals surface area contributed by atoms with Gasteiger partial charge in [-0.15, -0.1) is 0 Å². The molecular formula is C10H19N3O3. The second-order valence-corrected chi connectivity index (χ2v) is 3.73. The zero-order valence-corrected chi connectivity index (χ0v) is 9.62. The maximum Gasteiger partial charge on any atom is 0.325 e. The molecule has 0 spiro atoms. The number of hydrogen-bond donors (Lipinski definition) is 2. The number of ether oxygens (including phenoxy) is 1. The smallest absolute Gasteiger partial charge is 0.325 e. The first-order valence-corrected chi connectivity index (χ1v) is 5.49. The van der Waals surface area contributed by atoms with E-state index in [9.17, 15) is 9.59 Å². The summed E-state index contributed by atoms with van der Waals surface area (Å²) < 4.78 is 4.43. The van der Waals surface area contributed by atoms with Crippen molar-refractivity contribution >= 4 is 11.9 Å². The third-order valence-corrected chi connectivity index (χ3v) is 2.46. The highest BCUT2D eigenvalue weighted by Gasteiger charge is 2.13. The lowest BCUT2D eigenvalue weighted by molar-refractivity contribution is -0.141. The Morgan fingerprint density at radius 1 is 1.38 bits per heavy atom. The highest BCUT2D eigenvalue weighted by molar-refractivity contribution is 5.83. The van der Waals surface area contributed by atoms with Crippen molar-refractivity contribution in [3.63, 3.8) is 0 Å². The van der Waals surface area contributed by atoms with Gasteiger partial charge in [-0.05, 0) is 19.5 Å². The van der Waals surface area contributed by atoms with E-state index in [0.717, 1.165) is 32.6 Å². The third-order valence-electron chi connectivity index (χ3n) is 2.46. The molecule has 1 rings (SSSR count). The molecule has 1 aliphatic rings. The minimum atomic E-state index is -0.425. The predicted octanol–water partition coefficient (Wildman–Crippen LogP) is -1.43. The molecule has 0 aromatic rings. The molecule has 0 aromatic heterocycles. The molecule has 1 heterocycles. The molecule has 2 N–H and O–H groups in total. The fourth-order valence-corrected chi connectivity index (χ4v) is 1.56. The van der Waals surface area contributed by atoms with Crippen LogP contribution in [0.5, 0.6) is 0 Å². The topological polar surface area (TPSA) is 70.7 Å². The van der Waals surface area contributed by atoms with Crippen molar-refractivity contribution in [2.75, 3.05) is 46.4 Å². The Balaban J connectivity index is 2.19. The van der Waals surface area contributed by atoms with Gasteiger partial charge in [0.1, 0.15) is 6.54 Å². The number of rotatable bonds is 4. The number of carbonyl (C=O) groups is 2. The van der Waals surface area contributed by atoms with E-state index in [-0.39, 0.29) is 12.5 Å². The van der Waals surface area contributed by atoms with Crippen LogP contribution in [0.2, 0.25) is 0 Å². The van der Waals surface area contributed by atoms with Crippen LogP contribution in [0.3, 0.4) is 0 Å². The molecule has 6 nitrogen and oxygen atoms in total. The van der Waals surface area contributed by atoms with Crippen LogP contribution in [0.15, 0.2) is 0 Å². The van der Waals surface area contributed by atoms with Gasteiger partial charge in [0.2, 0.25) is 5.91 Å². The molecule has 0 saturated carbocycles. The molecule has 0 aromatic carbocycles. The molecule has 0 atom stereocenters. The Bertz CT molecular complexity index is 237. The third kappa shape index (κ3) is 5.09. The fraction of sp³-hybridized carbons (Fsp3) is 0.800. The maximum absolute atomic E-state index is 11.5. The monoisotopic (exact) mass is 229 g/mol. The van der Waals surface area contributed by atoms with Gasteiger partial charge >= 0.3 is 5.97 Å². The molecule has 1 amide bonds. The lowest BCUT2D eigenvalue weighted by atomic mass is 10.4. The van der Waals surface area contributed by atoms with E-state index >= 15 is 0 Å². The van der Waals surface area contributed by atoms with E-state index in [1.54, 1.807) is 0 Å². The Morgan fingerprint density at radius 2 is 2.19 bits per heavy atom. The first-order valence-electron chi connectivity index (χ1n) is 5.49. The number of esters is 1. The standard InChI is InChI=1S/C10H19N3O3/c1-16-10(15)7-12-9(14)8-13-5-2-3-11-4-6-13/h11H,2-8H2,1H3,(H,12,14). The summed E-state index contributed by atoms with van der Waals surface area (Å²) in [6.07, 6.45) is 1.05. The number of amides is 1. The van der Waals surface area contributed by atoms with Crippen molar-refractivity contribution in [1.29, 1.82) is 0 Å². The van der Waals surface area contributed by atoms with Gasteiger partial charge in [-0.1, -0.05) is 0 Å². The SMILES string of the molecule is COC(=O)CNC(=O)CN1CCCNCC1. The van der Waals surface area contributed by atoms with Crippen LogP contribution in [-0.2, 0) is 14.3 Å². The fourth-order valence-electron chi connectivity index (χ4n) is 1.56. The average molecular weight is 229 g/mol. The summed E-state index contributed by atoms with van der Waals surface area (Å²) in [5, 5.41) is 5.79. The molecule has 1 aliphatic heterocycles. The summed E-state index contributed by atoms with van der Waals surface area (Å²) in [5.74, 6) is -0.557. The summed E-state index contributed by atoms with van der Waals surface area (Å²) in [6, 6.07) is 0. The van der Waals surface area contributed by atoms with Crippen LogP contribution in [0.1, 0.15) is 6.42 Å². The van der Waals surface area contributed by atoms with Crippen molar-refractivity contribution in [2.24, 2.45) is 0 Å². The van der Waals surface area contributed by atoms with Crippen molar-refractivity contribution in [1.82, 2.24) is 15.5 Å². The molecule has 1 saturated heterocycles. The molecule has 1 fully saturated rings. The molecule has 0 aliphatic carbocycles. The van der Waals surface area contributed by atoms with E-state index in [0.29, 0.717) is 6.54 Å². The van der Waals surface area contributed by atoms with Gasteiger partial charge in [0.05, 0.1) is 13.7 Å². The summed E-state index contributed by atoms with van der Waals surface area (Å²) in [6.45, 7) is 3.98. The number of nitrogens with zero attached hydrogens (tertiary/aromatic N) is 1. The molecule has 0 radical (unpaired) electrons. The van der Waals surface area contributed by atoms with Crippen molar-refractivity contribution < 1.29 is 14.3 Å². The zero-order valence-electron chi connectivity index (χ0n) is 9.62. The van der Waals surface area contributed by atoms with Gasteiger partial charge in [0.15, 0.2) is 0 Å². The summed E-state index contributed by atoms with van der Waals surface area (Å²) in [5.41, 5.74) is 0. The maximum atomic E-state index is 11.5. The second kappa shape index (κ2) is 7.19. The Hall–Kier alpha value is -1.14. The highest BCUT2D eigenvalue weighted by atomic mass is 16.5. The Kier molecular flexibility index (Phi) is 5.81. The molecule has 6 heteroatoms. The van der Waals surface area contributed by atoms with E-state index in [1.165, 1.54) is 7.11 Å². The van der Waals surface area contributed by atoms with Crippen molar-refractivity contribution in [3.8, 4) is 0 Å². The molecule has 16 heavy (non-hydrogen) atoms. The normalized spacial score (nSPS) is 17.6. The van der Waals surface area contributed by atoms with Crippen LogP contribution in [-0.4, -0.2) is 63.2 Å². The zero-order chi connectivity index (χ0) is 11.8. The van der Waals surface area contributed by atoms with E-state index in [1.807, 2.05) is 0 Å². The lowest BCUT2D eigenvalue weighted by Gasteiger charge is -2.18. The van der Waals surface area contributed by atoms with Gasteiger partial charge in [0, 0.05) is 13.1 Å². The minimum absolute atomic E-state index is 0.0541. The largest absolute Gasteiger partial charge is 0.468 e. The van der Waals surface area contributed by atoms with Crippen molar-refractivity contribution in [2.45, 2.75) is 6.42 Å². The van der Waals surface area contributed by atoms with Gasteiger partial charge < -0.3 is 15.4 Å². The van der Waals surface area contributed by atoms with Gasteiger partial charge in [-0.3, -0.25) is 14.5 Å². The molecule has 0 unspecified atom stereocenters. The summed E-state index contributed by atoms with van der Waals surface area (Å²) >= 11 is 0. The van der Waals surface area contributed by atoms with Crippen LogP contribution < -0.4 is 10.6 Å². The van der Waals surface area contributed by atoms with Crippen LogP contribution >= 0.6 is 0 Å². The summed E-state index contributed by atoms with van der Waals surface area (Å²) in [7, 11) is 1.30. The van der Waals surface area contributed by atoms with Crippen LogP contribution in [0.4, 0.5) is 0 Å². The van der Waals surface area contributed by atoms with Gasteiger partial charge in [-0.25, -0.2) is 0 Å². The number of nitrogens with one attached hydrogen (secondary N) is 2. The molecule has 92 valence electrons. The van der Waals surface area contributed by atoms with Gasteiger partial charge in [0.25, 0.3) is 0 Å². The molecular weight excluding hydrogens is 210 g/mol. The number of methoxy groups -OCH3 is 1. The minimum Gasteiger partial charge on any atom is -0.468 e. The first kappa shape index (κ1) is 12.9. The number of hydrogen-bond acceptors (Lipinski definition) is 5. The quantitative estimate of drug-likeness (QED) is 0.578. The average Bonchev–Trinajstić information content (AvgIpc) is 2.54. The van der Waals surface area contributed by atoms with E-state index in [2.05, 4.69) is 20.3 Å². The predicted molar refractivity (Wildman–Crippen MR) is 59.0 cm³/mol. The van der Waals surface area contributed by atoms with Gasteiger partial charge in [-0.2, -0.15) is 0 Å². The second-order valence-electron chi connectivity index (χ2n) is 3.73. The summed E-state index contributed by atoms with van der Waals surface area (Å²) in [4.78, 5) is 24.3. The number of carbonyl (C=O) groups excluding carboxylic acids is 2. The Morgan fingerprint density at radius 3 is 2.94 bits per heavy atom. The Labute approximate surface area is 95.3 Å². The van der Waals surface area contributed by atoms with E-state index < -0.39 is 5.97 Å². The lowest BCUT2D eigenvalue weighted by Crippen LogP contribution is -2.40. The van der Waals surface area contributed by atoms with E-state index in [4.69, 9.17) is 0 Å². The molecule has 0 bridgehead atoms. The first-order chi connectivity index (χ1) is 7.72. The van der Waals surface area contributed by atoms with Crippen LogP contribution in [0, 0.1) is 0 Å².